The quantitative estimate of drug-likeness (QED) is 0.548. The molecule has 1 saturated heterocycles. The number of nitrogens with zero attached hydrogens (tertiary/aromatic N) is 2. The van der Waals surface area contributed by atoms with Crippen LogP contribution in [-0.4, -0.2) is 33.1 Å². The molecule has 128 valence electrons. The fourth-order valence-electron chi connectivity index (χ4n) is 2.60. The van der Waals surface area contributed by atoms with Crippen molar-refractivity contribution in [2.75, 3.05) is 4.90 Å². The number of halogens is 1. The van der Waals surface area contributed by atoms with Gasteiger partial charge in [0.15, 0.2) is 0 Å². The van der Waals surface area contributed by atoms with E-state index >= 15 is 0 Å². The average molecular weight is 468 g/mol. The maximum absolute atomic E-state index is 12.7. The minimum absolute atomic E-state index is 0.0184. The van der Waals surface area contributed by atoms with Crippen LogP contribution in [0.2, 0.25) is 0 Å². The molecule has 1 aromatic carbocycles. The summed E-state index contributed by atoms with van der Waals surface area (Å²) in [5.41, 5.74) is 1.43. The second-order valence-corrected chi connectivity index (χ2v) is 7.91. The normalized spacial score (nSPS) is 17.2. The number of pyridine rings is 1. The summed E-state index contributed by atoms with van der Waals surface area (Å²) in [4.78, 5) is 41.7. The highest BCUT2D eigenvalue weighted by molar-refractivity contribution is 14.1. The van der Waals surface area contributed by atoms with Crippen molar-refractivity contribution in [2.24, 2.45) is 0 Å². The SMILES string of the molecule is Cc1cc(I)ccc1N1C(=O)C[C@H](Sc2ncccc2C(=O)O)C1=O. The van der Waals surface area contributed by atoms with E-state index in [0.29, 0.717) is 5.69 Å². The number of carbonyl (C=O) groups is 3. The number of carbonyl (C=O) groups excluding carboxylic acids is 2. The number of thioether (sulfide) groups is 1. The minimum Gasteiger partial charge on any atom is -0.478 e. The predicted molar refractivity (Wildman–Crippen MR) is 102 cm³/mol. The number of carboxylic acids is 1. The van der Waals surface area contributed by atoms with E-state index in [9.17, 15) is 19.5 Å². The highest BCUT2D eigenvalue weighted by Gasteiger charge is 2.41. The first-order valence-corrected chi connectivity index (χ1v) is 9.32. The Morgan fingerprint density at radius 1 is 1.36 bits per heavy atom. The van der Waals surface area contributed by atoms with Gasteiger partial charge in [-0.15, -0.1) is 0 Å². The smallest absolute Gasteiger partial charge is 0.338 e. The fraction of sp³-hybridized carbons (Fsp3) is 0.176. The first-order valence-electron chi connectivity index (χ1n) is 7.36. The van der Waals surface area contributed by atoms with Crippen LogP contribution in [0.3, 0.4) is 0 Å². The molecule has 1 aliphatic rings. The van der Waals surface area contributed by atoms with Gasteiger partial charge in [0.05, 0.1) is 16.5 Å². The molecule has 0 radical (unpaired) electrons. The number of amides is 2. The Morgan fingerprint density at radius 3 is 2.80 bits per heavy atom. The topological polar surface area (TPSA) is 87.6 Å². The van der Waals surface area contributed by atoms with E-state index in [1.165, 1.54) is 23.2 Å². The highest BCUT2D eigenvalue weighted by atomic mass is 127. The molecule has 1 atom stereocenters. The molecule has 1 N–H and O–H groups in total. The van der Waals surface area contributed by atoms with Crippen LogP contribution in [0.25, 0.3) is 0 Å². The minimum atomic E-state index is -1.11. The van der Waals surface area contributed by atoms with Gasteiger partial charge >= 0.3 is 5.97 Å². The zero-order valence-electron chi connectivity index (χ0n) is 13.1. The number of rotatable bonds is 4. The maximum atomic E-state index is 12.7. The molecule has 2 heterocycles. The van der Waals surface area contributed by atoms with Crippen molar-refractivity contribution in [3.05, 3.63) is 51.2 Å². The zero-order valence-corrected chi connectivity index (χ0v) is 16.1. The summed E-state index contributed by atoms with van der Waals surface area (Å²) in [5, 5.41) is 8.79. The molecule has 0 aliphatic carbocycles. The number of carboxylic acid groups (broad SMARTS) is 1. The molecule has 0 unspecified atom stereocenters. The van der Waals surface area contributed by atoms with E-state index < -0.39 is 11.2 Å². The molecule has 0 saturated carbocycles. The lowest BCUT2D eigenvalue weighted by Crippen LogP contribution is -2.31. The maximum Gasteiger partial charge on any atom is 0.338 e. The van der Waals surface area contributed by atoms with Crippen LogP contribution in [-0.2, 0) is 9.59 Å². The van der Waals surface area contributed by atoms with E-state index in [4.69, 9.17) is 0 Å². The van der Waals surface area contributed by atoms with E-state index in [1.807, 2.05) is 19.1 Å². The third kappa shape index (κ3) is 3.54. The summed E-state index contributed by atoms with van der Waals surface area (Å²) in [6.45, 7) is 1.85. The van der Waals surface area contributed by atoms with Gasteiger partial charge in [-0.1, -0.05) is 11.8 Å². The van der Waals surface area contributed by atoms with Gasteiger partial charge in [0.25, 0.3) is 0 Å². The Morgan fingerprint density at radius 2 is 2.12 bits per heavy atom. The number of aromatic carboxylic acids is 1. The molecule has 1 fully saturated rings. The summed E-state index contributed by atoms with van der Waals surface area (Å²) < 4.78 is 1.02. The van der Waals surface area contributed by atoms with E-state index in [-0.39, 0.29) is 28.8 Å². The Hall–Kier alpha value is -1.94. The van der Waals surface area contributed by atoms with E-state index in [2.05, 4.69) is 27.6 Å². The number of aryl methyl sites for hydroxylation is 1. The predicted octanol–water partition coefficient (Wildman–Crippen LogP) is 3.12. The van der Waals surface area contributed by atoms with Crippen molar-refractivity contribution in [2.45, 2.75) is 23.6 Å². The summed E-state index contributed by atoms with van der Waals surface area (Å²) in [6.07, 6.45) is 1.49. The number of anilines is 1. The van der Waals surface area contributed by atoms with Crippen molar-refractivity contribution >= 4 is 57.8 Å². The molecule has 25 heavy (non-hydrogen) atoms. The van der Waals surface area contributed by atoms with Crippen molar-refractivity contribution in [1.29, 1.82) is 0 Å². The molecule has 1 aromatic heterocycles. The van der Waals surface area contributed by atoms with Crippen LogP contribution in [0.4, 0.5) is 5.69 Å². The zero-order chi connectivity index (χ0) is 18.1. The van der Waals surface area contributed by atoms with Crippen LogP contribution in [0, 0.1) is 10.5 Å². The van der Waals surface area contributed by atoms with Gasteiger partial charge in [0, 0.05) is 16.2 Å². The van der Waals surface area contributed by atoms with Gasteiger partial charge in [0.1, 0.15) is 5.03 Å². The first-order chi connectivity index (χ1) is 11.9. The van der Waals surface area contributed by atoms with Crippen molar-refractivity contribution in [3.8, 4) is 0 Å². The molecule has 6 nitrogen and oxygen atoms in total. The van der Waals surface area contributed by atoms with Gasteiger partial charge < -0.3 is 5.11 Å². The van der Waals surface area contributed by atoms with Gasteiger partial charge in [-0.05, 0) is 65.4 Å². The third-order valence-electron chi connectivity index (χ3n) is 3.76. The molecule has 3 rings (SSSR count). The van der Waals surface area contributed by atoms with Gasteiger partial charge in [-0.2, -0.15) is 0 Å². The van der Waals surface area contributed by atoms with Crippen molar-refractivity contribution < 1.29 is 19.5 Å². The van der Waals surface area contributed by atoms with Gasteiger partial charge in [-0.25, -0.2) is 14.7 Å². The molecule has 2 amide bonds. The number of aromatic nitrogens is 1. The lowest BCUT2D eigenvalue weighted by Gasteiger charge is -2.17. The lowest BCUT2D eigenvalue weighted by molar-refractivity contribution is -0.121. The summed E-state index contributed by atoms with van der Waals surface area (Å²) >= 11 is 3.19. The fourth-order valence-corrected chi connectivity index (χ4v) is 4.35. The Kier molecular flexibility index (Phi) is 5.09. The highest BCUT2D eigenvalue weighted by Crippen LogP contribution is 2.35. The second-order valence-electron chi connectivity index (χ2n) is 5.47. The van der Waals surface area contributed by atoms with Gasteiger partial charge in [0.2, 0.25) is 11.8 Å². The second kappa shape index (κ2) is 7.12. The number of hydrogen-bond donors (Lipinski definition) is 1. The van der Waals surface area contributed by atoms with E-state index in [1.54, 1.807) is 6.07 Å². The van der Waals surface area contributed by atoms with Gasteiger partial charge in [-0.3, -0.25) is 9.59 Å². The largest absolute Gasteiger partial charge is 0.478 e. The Bertz CT molecular complexity index is 887. The number of hydrogen-bond acceptors (Lipinski definition) is 5. The summed E-state index contributed by atoms with van der Waals surface area (Å²) in [6, 6.07) is 8.45. The van der Waals surface area contributed by atoms with Crippen LogP contribution in [0.15, 0.2) is 41.6 Å². The molecular weight excluding hydrogens is 455 g/mol. The molecule has 2 aromatic rings. The Labute approximate surface area is 161 Å². The molecule has 8 heteroatoms. The van der Waals surface area contributed by atoms with Crippen LogP contribution < -0.4 is 4.90 Å². The van der Waals surface area contributed by atoms with Crippen molar-refractivity contribution in [1.82, 2.24) is 4.98 Å². The summed E-state index contributed by atoms with van der Waals surface area (Å²) in [5.74, 6) is -1.75. The first kappa shape index (κ1) is 17.9. The van der Waals surface area contributed by atoms with E-state index in [0.717, 1.165) is 20.9 Å². The van der Waals surface area contributed by atoms with Crippen LogP contribution >= 0.6 is 34.4 Å². The average Bonchev–Trinajstić information content (AvgIpc) is 2.82. The summed E-state index contributed by atoms with van der Waals surface area (Å²) in [7, 11) is 0. The molecular formula is C17H13IN2O4S. The van der Waals surface area contributed by atoms with Crippen LogP contribution in [0.5, 0.6) is 0 Å². The molecule has 1 aliphatic heterocycles. The lowest BCUT2D eigenvalue weighted by atomic mass is 10.2. The Balaban J connectivity index is 1.88. The number of imide groups is 1. The third-order valence-corrected chi connectivity index (χ3v) is 5.63. The standard InChI is InChI=1S/C17H13IN2O4S/c1-9-7-10(18)4-5-12(9)20-14(21)8-13(16(20)22)25-15-11(17(23)24)3-2-6-19-15/h2-7,13H,8H2,1H3,(H,23,24)/t13-/m0/s1. The number of benzene rings is 1. The van der Waals surface area contributed by atoms with Crippen molar-refractivity contribution in [3.63, 3.8) is 0 Å². The molecule has 0 spiro atoms. The van der Waals surface area contributed by atoms with Crippen LogP contribution in [0.1, 0.15) is 22.3 Å². The monoisotopic (exact) mass is 468 g/mol. The molecule has 0 bridgehead atoms.